The van der Waals surface area contributed by atoms with Crippen LogP contribution in [-0.4, -0.2) is 26.9 Å². The van der Waals surface area contributed by atoms with Crippen molar-refractivity contribution >= 4 is 27.3 Å². The molecule has 3 rings (SSSR count). The lowest BCUT2D eigenvalue weighted by Gasteiger charge is -2.18. The van der Waals surface area contributed by atoms with Crippen molar-refractivity contribution in [2.75, 3.05) is 6.54 Å². The molecule has 0 bridgehead atoms. The summed E-state index contributed by atoms with van der Waals surface area (Å²) >= 11 is 1.13. The molecule has 0 fully saturated rings. The second-order valence-corrected chi connectivity index (χ2v) is 9.84. The van der Waals surface area contributed by atoms with Gasteiger partial charge in [0.25, 0.3) is 10.0 Å². The maximum atomic E-state index is 12.8. The first-order valence-electron chi connectivity index (χ1n) is 9.87. The number of sulfonamides is 1. The molecule has 0 saturated carbocycles. The van der Waals surface area contributed by atoms with Crippen molar-refractivity contribution in [2.24, 2.45) is 0 Å². The number of nitrogens with one attached hydrogen (secondary N) is 2. The molecule has 0 unspecified atom stereocenters. The molecule has 1 aromatic heterocycles. The smallest absolute Gasteiger partial charge is 0.250 e. The zero-order valence-corrected chi connectivity index (χ0v) is 18.2. The number of benzene rings is 2. The molecule has 157 valence electrons. The summed E-state index contributed by atoms with van der Waals surface area (Å²) in [5, 5.41) is 4.58. The van der Waals surface area contributed by atoms with Crippen molar-refractivity contribution < 1.29 is 13.2 Å². The van der Waals surface area contributed by atoms with Gasteiger partial charge in [-0.3, -0.25) is 4.79 Å². The van der Waals surface area contributed by atoms with E-state index < -0.39 is 16.1 Å². The highest BCUT2D eigenvalue weighted by atomic mass is 32.2. The first-order chi connectivity index (χ1) is 14.5. The van der Waals surface area contributed by atoms with Crippen LogP contribution < -0.4 is 10.0 Å². The van der Waals surface area contributed by atoms with Crippen molar-refractivity contribution in [3.63, 3.8) is 0 Å². The van der Waals surface area contributed by atoms with E-state index in [0.717, 1.165) is 36.2 Å². The Morgan fingerprint density at radius 3 is 2.43 bits per heavy atom. The van der Waals surface area contributed by atoms with Gasteiger partial charge in [0.1, 0.15) is 10.3 Å². The van der Waals surface area contributed by atoms with Gasteiger partial charge in [-0.15, -0.1) is 11.3 Å². The largest absolute Gasteiger partial charge is 0.355 e. The van der Waals surface area contributed by atoms with E-state index in [-0.39, 0.29) is 16.5 Å². The second kappa shape index (κ2) is 11.1. The fraction of sp³-hybridized carbons (Fsp3) is 0.261. The van der Waals surface area contributed by atoms with Gasteiger partial charge in [-0.1, -0.05) is 60.7 Å². The minimum atomic E-state index is -3.75. The van der Waals surface area contributed by atoms with E-state index >= 15 is 0 Å². The van der Waals surface area contributed by atoms with E-state index in [4.69, 9.17) is 0 Å². The summed E-state index contributed by atoms with van der Waals surface area (Å²) in [5.41, 5.74) is 2.14. The van der Waals surface area contributed by atoms with Crippen LogP contribution in [0.4, 0.5) is 0 Å². The Labute approximate surface area is 182 Å². The highest BCUT2D eigenvalue weighted by Crippen LogP contribution is 2.17. The molecule has 0 aliphatic rings. The molecule has 1 heterocycles. The van der Waals surface area contributed by atoms with Crippen molar-refractivity contribution in [3.05, 3.63) is 89.3 Å². The average molecular weight is 442 g/mol. The van der Waals surface area contributed by atoms with Crippen LogP contribution >= 0.6 is 11.3 Å². The van der Waals surface area contributed by atoms with Gasteiger partial charge < -0.3 is 5.32 Å². The first kappa shape index (κ1) is 22.2. The van der Waals surface area contributed by atoms with Crippen LogP contribution in [0.15, 0.2) is 76.3 Å². The van der Waals surface area contributed by atoms with Gasteiger partial charge in [0.05, 0.1) is 0 Å². The molecular formula is C23H25N2O3S2. The van der Waals surface area contributed by atoms with Gasteiger partial charge in [0.2, 0.25) is 5.91 Å². The average Bonchev–Trinajstić information content (AvgIpc) is 3.30. The monoisotopic (exact) mass is 441 g/mol. The zero-order chi connectivity index (χ0) is 21.2. The van der Waals surface area contributed by atoms with Crippen molar-refractivity contribution in [3.8, 4) is 0 Å². The third kappa shape index (κ3) is 6.79. The number of rotatable bonds is 11. The van der Waals surface area contributed by atoms with Gasteiger partial charge in [-0.05, 0) is 54.3 Å². The summed E-state index contributed by atoms with van der Waals surface area (Å²) in [6.45, 7) is 0.505. The predicted octanol–water partition coefficient (Wildman–Crippen LogP) is 3.58. The fourth-order valence-electron chi connectivity index (χ4n) is 3.08. The molecular weight excluding hydrogens is 416 g/mol. The second-order valence-electron chi connectivity index (χ2n) is 6.95. The van der Waals surface area contributed by atoms with E-state index in [1.165, 1.54) is 11.6 Å². The Kier molecular flexibility index (Phi) is 8.19. The Hall–Kier alpha value is -2.48. The fourth-order valence-corrected chi connectivity index (χ4v) is 5.28. The van der Waals surface area contributed by atoms with Crippen LogP contribution in [0.5, 0.6) is 0 Å². The lowest BCUT2D eigenvalue weighted by atomic mass is 10.1. The maximum absolute atomic E-state index is 12.8. The number of hydrogen-bond donors (Lipinski definition) is 2. The van der Waals surface area contributed by atoms with E-state index in [1.807, 2.05) is 30.3 Å². The molecule has 5 nitrogen and oxygen atoms in total. The Morgan fingerprint density at radius 2 is 1.73 bits per heavy atom. The molecule has 2 aromatic carbocycles. The zero-order valence-electron chi connectivity index (χ0n) is 16.6. The molecule has 1 atom stereocenters. The minimum Gasteiger partial charge on any atom is -0.355 e. The van der Waals surface area contributed by atoms with E-state index in [9.17, 15) is 13.2 Å². The molecule has 0 spiro atoms. The third-order valence-corrected chi connectivity index (χ3v) is 7.50. The SMILES string of the molecule is O=C(NCCCCc1ccccc1)[C@H](Cc1cc[c]cc1)NS(=O)(=O)c1cccs1. The molecule has 2 N–H and O–H groups in total. The van der Waals surface area contributed by atoms with Gasteiger partial charge in [0, 0.05) is 6.54 Å². The summed E-state index contributed by atoms with van der Waals surface area (Å²) in [6.07, 6.45) is 3.00. The van der Waals surface area contributed by atoms with Crippen molar-refractivity contribution in [2.45, 2.75) is 35.9 Å². The predicted molar refractivity (Wildman–Crippen MR) is 120 cm³/mol. The quantitative estimate of drug-likeness (QED) is 0.447. The Morgan fingerprint density at radius 1 is 0.967 bits per heavy atom. The first-order valence-corrected chi connectivity index (χ1v) is 12.2. The molecule has 1 amide bonds. The maximum Gasteiger partial charge on any atom is 0.250 e. The lowest BCUT2D eigenvalue weighted by Crippen LogP contribution is -2.48. The molecule has 1 radical (unpaired) electrons. The highest BCUT2D eigenvalue weighted by Gasteiger charge is 2.26. The summed E-state index contributed by atoms with van der Waals surface area (Å²) in [6, 6.07) is 22.6. The number of hydrogen-bond acceptors (Lipinski definition) is 4. The van der Waals surface area contributed by atoms with Crippen molar-refractivity contribution in [1.29, 1.82) is 0 Å². The molecule has 0 saturated heterocycles. The lowest BCUT2D eigenvalue weighted by molar-refractivity contribution is -0.122. The van der Waals surface area contributed by atoms with Crippen LogP contribution in [0.3, 0.4) is 0 Å². The Bertz CT molecular complexity index is 1010. The number of carbonyl (C=O) groups excluding carboxylic acids is 1. The molecule has 7 heteroatoms. The minimum absolute atomic E-state index is 0.199. The number of carbonyl (C=O) groups is 1. The molecule has 30 heavy (non-hydrogen) atoms. The third-order valence-electron chi connectivity index (χ3n) is 4.64. The number of amides is 1. The normalized spacial score (nSPS) is 12.4. The standard InChI is InChI=1S/C23H25N2O3S2/c26-23(24-16-8-7-12-19-10-3-1-4-11-19)21(18-20-13-5-2-6-14-20)25-30(27,28)22-15-9-17-29-22/h1,3-6,9-11,13-15,17,21,25H,7-8,12,16,18H2,(H,24,26)/t21-/m0/s1. The molecule has 0 aliphatic carbocycles. The van der Waals surface area contributed by atoms with E-state index in [0.29, 0.717) is 6.54 Å². The summed E-state index contributed by atoms with van der Waals surface area (Å²) in [7, 11) is -3.75. The highest BCUT2D eigenvalue weighted by molar-refractivity contribution is 7.91. The molecule has 3 aromatic rings. The van der Waals surface area contributed by atoms with Crippen LogP contribution in [0.1, 0.15) is 24.0 Å². The number of thiophene rings is 1. The number of aryl methyl sites for hydroxylation is 1. The Balaban J connectivity index is 1.57. The van der Waals surface area contributed by atoms with Crippen molar-refractivity contribution in [1.82, 2.24) is 10.0 Å². The van der Waals surface area contributed by atoms with Gasteiger partial charge >= 0.3 is 0 Å². The van der Waals surface area contributed by atoms with Crippen LogP contribution in [0.2, 0.25) is 0 Å². The van der Waals surface area contributed by atoms with Gasteiger partial charge in [0.15, 0.2) is 0 Å². The molecule has 0 aliphatic heterocycles. The van der Waals surface area contributed by atoms with Gasteiger partial charge in [-0.2, -0.15) is 4.72 Å². The van der Waals surface area contributed by atoms with Crippen LogP contribution in [0, 0.1) is 6.07 Å². The number of unbranched alkanes of at least 4 members (excludes halogenated alkanes) is 1. The summed E-state index contributed by atoms with van der Waals surface area (Å²) < 4.78 is 28.1. The van der Waals surface area contributed by atoms with Gasteiger partial charge in [-0.25, -0.2) is 8.42 Å². The van der Waals surface area contributed by atoms with Crippen LogP contribution in [0.25, 0.3) is 0 Å². The van der Waals surface area contributed by atoms with E-state index in [1.54, 1.807) is 23.6 Å². The summed E-state index contributed by atoms with van der Waals surface area (Å²) in [5.74, 6) is -0.317. The van der Waals surface area contributed by atoms with E-state index in [2.05, 4.69) is 28.2 Å². The summed E-state index contributed by atoms with van der Waals surface area (Å²) in [4.78, 5) is 12.8. The van der Waals surface area contributed by atoms with Crippen LogP contribution in [-0.2, 0) is 27.7 Å². The topological polar surface area (TPSA) is 75.3 Å².